The zero-order chi connectivity index (χ0) is 23.8. The predicted molar refractivity (Wildman–Crippen MR) is 137 cm³/mol. The van der Waals surface area contributed by atoms with E-state index < -0.39 is 0 Å². The van der Waals surface area contributed by atoms with E-state index in [0.29, 0.717) is 12.8 Å². The van der Waals surface area contributed by atoms with Crippen LogP contribution in [-0.4, -0.2) is 21.6 Å². The first kappa shape index (κ1) is 22.4. The molecule has 1 unspecified atom stereocenters. The Morgan fingerprint density at radius 1 is 1.06 bits per heavy atom. The number of hydrogen-bond acceptors (Lipinski definition) is 3. The van der Waals surface area contributed by atoms with Crippen molar-refractivity contribution in [2.24, 2.45) is 5.10 Å². The molecule has 4 nitrogen and oxygen atoms in total. The second-order valence-electron chi connectivity index (χ2n) is 8.39. The molecule has 2 heterocycles. The lowest BCUT2D eigenvalue weighted by atomic mass is 9.89. The second kappa shape index (κ2) is 9.11. The molecule has 0 radical (unpaired) electrons. The van der Waals surface area contributed by atoms with Crippen molar-refractivity contribution in [3.05, 3.63) is 99.9 Å². The Labute approximate surface area is 206 Å². The minimum absolute atomic E-state index is 0.0975. The fraction of sp³-hybridized carbons (Fsp3) is 0.179. The zero-order valence-corrected chi connectivity index (χ0v) is 20.5. The Bertz CT molecular complexity index is 1430. The number of pyridine rings is 1. The van der Waals surface area contributed by atoms with Crippen LogP contribution in [0.4, 0.5) is 4.39 Å². The molecule has 4 aromatic rings. The van der Waals surface area contributed by atoms with Gasteiger partial charge in [0.15, 0.2) is 0 Å². The third-order valence-corrected chi connectivity index (χ3v) is 6.67. The van der Waals surface area contributed by atoms with Crippen molar-refractivity contribution in [2.45, 2.75) is 32.7 Å². The van der Waals surface area contributed by atoms with Gasteiger partial charge in [0.25, 0.3) is 0 Å². The average Bonchev–Trinajstić information content (AvgIpc) is 3.28. The molecule has 34 heavy (non-hydrogen) atoms. The second-order valence-corrected chi connectivity index (χ2v) is 9.30. The van der Waals surface area contributed by atoms with Crippen LogP contribution in [-0.2, 0) is 4.79 Å². The van der Waals surface area contributed by atoms with Crippen molar-refractivity contribution in [3.8, 4) is 11.1 Å². The van der Waals surface area contributed by atoms with Gasteiger partial charge in [0, 0.05) is 39.5 Å². The summed E-state index contributed by atoms with van der Waals surface area (Å²) in [5.74, 6) is -0.423. The molecule has 0 spiro atoms. The van der Waals surface area contributed by atoms with Crippen LogP contribution >= 0.6 is 15.9 Å². The number of aryl methyl sites for hydroxylation is 1. The van der Waals surface area contributed by atoms with E-state index in [1.807, 2.05) is 50.2 Å². The number of benzene rings is 3. The van der Waals surface area contributed by atoms with E-state index >= 15 is 0 Å². The normalized spacial score (nSPS) is 15.6. The molecule has 0 aliphatic carbocycles. The molecular formula is C28H23BrFN3O. The van der Waals surface area contributed by atoms with Crippen LogP contribution in [0.5, 0.6) is 0 Å². The van der Waals surface area contributed by atoms with Crippen molar-refractivity contribution < 1.29 is 9.18 Å². The van der Waals surface area contributed by atoms with E-state index in [4.69, 9.17) is 10.1 Å². The quantitative estimate of drug-likeness (QED) is 0.288. The Balaban J connectivity index is 1.74. The Morgan fingerprint density at radius 2 is 1.85 bits per heavy atom. The minimum Gasteiger partial charge on any atom is -0.273 e. The molecule has 0 saturated heterocycles. The number of halogens is 2. The molecule has 6 heteroatoms. The highest BCUT2D eigenvalue weighted by Gasteiger charge is 2.34. The maximum atomic E-state index is 14.1. The highest BCUT2D eigenvalue weighted by atomic mass is 79.9. The molecule has 3 aromatic carbocycles. The molecular weight excluding hydrogens is 493 g/mol. The first-order valence-electron chi connectivity index (χ1n) is 11.3. The summed E-state index contributed by atoms with van der Waals surface area (Å²) in [5, 5.41) is 7.34. The fourth-order valence-corrected chi connectivity index (χ4v) is 5.00. The first-order valence-corrected chi connectivity index (χ1v) is 12.1. The molecule has 1 aromatic heterocycles. The van der Waals surface area contributed by atoms with E-state index in [1.165, 1.54) is 17.1 Å². The highest BCUT2D eigenvalue weighted by molar-refractivity contribution is 9.10. The Hall–Kier alpha value is -3.38. The van der Waals surface area contributed by atoms with Crippen LogP contribution < -0.4 is 0 Å². The molecule has 0 saturated carbocycles. The van der Waals surface area contributed by atoms with Crippen LogP contribution in [0.1, 0.15) is 42.6 Å². The van der Waals surface area contributed by atoms with E-state index in [0.717, 1.165) is 49.0 Å². The highest BCUT2D eigenvalue weighted by Crippen LogP contribution is 2.40. The average molecular weight is 516 g/mol. The van der Waals surface area contributed by atoms with Crippen LogP contribution in [0.2, 0.25) is 0 Å². The summed E-state index contributed by atoms with van der Waals surface area (Å²) < 4.78 is 15.0. The maximum absolute atomic E-state index is 14.1. The van der Waals surface area contributed by atoms with Crippen LogP contribution in [0, 0.1) is 12.7 Å². The molecule has 0 fully saturated rings. The molecule has 0 N–H and O–H groups in total. The summed E-state index contributed by atoms with van der Waals surface area (Å²) in [4.78, 5) is 17.7. The lowest BCUT2D eigenvalue weighted by Crippen LogP contribution is -2.26. The van der Waals surface area contributed by atoms with Gasteiger partial charge in [0.05, 0.1) is 17.3 Å². The third-order valence-electron chi connectivity index (χ3n) is 6.18. The van der Waals surface area contributed by atoms with Gasteiger partial charge in [-0.15, -0.1) is 0 Å². The van der Waals surface area contributed by atoms with Gasteiger partial charge in [0.2, 0.25) is 5.91 Å². The zero-order valence-electron chi connectivity index (χ0n) is 18.9. The molecule has 170 valence electrons. The number of hydrazone groups is 1. The van der Waals surface area contributed by atoms with Crippen molar-refractivity contribution in [2.75, 3.05) is 0 Å². The lowest BCUT2D eigenvalue weighted by molar-refractivity contribution is -0.132. The first-order chi connectivity index (χ1) is 16.5. The monoisotopic (exact) mass is 515 g/mol. The summed E-state index contributed by atoms with van der Waals surface area (Å²) >= 11 is 3.60. The molecule has 0 bridgehead atoms. The number of nitrogens with zero attached hydrogens (tertiary/aromatic N) is 3. The van der Waals surface area contributed by atoms with Gasteiger partial charge < -0.3 is 0 Å². The summed E-state index contributed by atoms with van der Waals surface area (Å²) in [6, 6.07) is 22.3. The van der Waals surface area contributed by atoms with Crippen LogP contribution in [0.15, 0.2) is 82.4 Å². The summed E-state index contributed by atoms with van der Waals surface area (Å²) in [7, 11) is 0. The molecule has 1 aliphatic rings. The maximum Gasteiger partial charge on any atom is 0.242 e. The summed E-state index contributed by atoms with van der Waals surface area (Å²) in [5.41, 5.74) is 6.26. The van der Waals surface area contributed by atoms with Crippen molar-refractivity contribution in [3.63, 3.8) is 0 Å². The number of fused-ring (bicyclic) bond motifs is 1. The molecule has 1 amide bonds. The van der Waals surface area contributed by atoms with Crippen LogP contribution in [0.3, 0.4) is 0 Å². The fourth-order valence-electron chi connectivity index (χ4n) is 4.64. The summed E-state index contributed by atoms with van der Waals surface area (Å²) in [6.07, 6.45) is 0.799. The van der Waals surface area contributed by atoms with E-state index in [2.05, 4.69) is 34.1 Å². The number of carbonyl (C=O) groups is 1. The third kappa shape index (κ3) is 4.03. The van der Waals surface area contributed by atoms with Crippen LogP contribution in [0.25, 0.3) is 22.0 Å². The van der Waals surface area contributed by atoms with Crippen molar-refractivity contribution in [1.82, 2.24) is 9.99 Å². The van der Waals surface area contributed by atoms with Gasteiger partial charge in [-0.05, 0) is 48.4 Å². The van der Waals surface area contributed by atoms with E-state index in [9.17, 15) is 9.18 Å². The molecule has 1 atom stereocenters. The largest absolute Gasteiger partial charge is 0.273 e. The number of carbonyl (C=O) groups excluding carboxylic acids is 1. The van der Waals surface area contributed by atoms with Gasteiger partial charge in [-0.2, -0.15) is 5.10 Å². The van der Waals surface area contributed by atoms with Crippen molar-refractivity contribution in [1.29, 1.82) is 0 Å². The predicted octanol–water partition coefficient (Wildman–Crippen LogP) is 7.20. The van der Waals surface area contributed by atoms with E-state index in [-0.39, 0.29) is 17.8 Å². The van der Waals surface area contributed by atoms with Gasteiger partial charge >= 0.3 is 0 Å². The summed E-state index contributed by atoms with van der Waals surface area (Å²) in [6.45, 7) is 3.79. The smallest absolute Gasteiger partial charge is 0.242 e. The minimum atomic E-state index is -0.362. The Kier molecular flexibility index (Phi) is 6.00. The standard InChI is InChI=1S/C28H23BrFN3O/c1-3-26(34)33-25(19-10-7-11-21(30)14-19)16-24(32-33)27-17(2)31-23-13-12-20(29)15-22(23)28(27)18-8-5-4-6-9-18/h4-15,25H,3,16H2,1-2H3. The topological polar surface area (TPSA) is 45.6 Å². The number of rotatable bonds is 4. The van der Waals surface area contributed by atoms with Gasteiger partial charge in [-0.1, -0.05) is 65.3 Å². The van der Waals surface area contributed by atoms with E-state index in [1.54, 1.807) is 6.07 Å². The van der Waals surface area contributed by atoms with Gasteiger partial charge in [-0.25, -0.2) is 9.40 Å². The number of aromatic nitrogens is 1. The number of amides is 1. The number of hydrogen-bond donors (Lipinski definition) is 0. The SMILES string of the molecule is CCC(=O)N1N=C(c2c(C)nc3ccc(Br)cc3c2-c2ccccc2)CC1c1cccc(F)c1. The van der Waals surface area contributed by atoms with Gasteiger partial charge in [-0.3, -0.25) is 9.78 Å². The molecule has 5 rings (SSSR count). The lowest BCUT2D eigenvalue weighted by Gasteiger charge is -2.21. The van der Waals surface area contributed by atoms with Crippen molar-refractivity contribution >= 4 is 38.5 Å². The van der Waals surface area contributed by atoms with Gasteiger partial charge in [0.1, 0.15) is 5.82 Å². The molecule has 1 aliphatic heterocycles. The Morgan fingerprint density at radius 3 is 2.59 bits per heavy atom.